The molecule has 26 heavy (non-hydrogen) atoms. The number of imidazole rings is 1. The highest BCUT2D eigenvalue weighted by atomic mass is 16.1. The van der Waals surface area contributed by atoms with Crippen molar-refractivity contribution in [3.05, 3.63) is 42.4 Å². The molecule has 0 atom stereocenters. The largest absolute Gasteiger partial charge is 0.359 e. The van der Waals surface area contributed by atoms with Crippen molar-refractivity contribution in [3.63, 3.8) is 0 Å². The number of rotatable bonds is 7. The molecule has 1 amide bonds. The SMILES string of the molecule is CCCCn1nc(CC(=O)NC)nc1-c1cnc(-c2ccccc2)n1C. The molecule has 0 fully saturated rings. The van der Waals surface area contributed by atoms with Gasteiger partial charge in [0.25, 0.3) is 0 Å². The van der Waals surface area contributed by atoms with E-state index in [9.17, 15) is 4.79 Å². The van der Waals surface area contributed by atoms with Crippen LogP contribution >= 0.6 is 0 Å². The summed E-state index contributed by atoms with van der Waals surface area (Å²) in [4.78, 5) is 20.9. The van der Waals surface area contributed by atoms with Crippen LogP contribution in [0.5, 0.6) is 0 Å². The number of aromatic nitrogens is 5. The van der Waals surface area contributed by atoms with Gasteiger partial charge in [0, 0.05) is 26.2 Å². The van der Waals surface area contributed by atoms with Crippen LogP contribution in [0.15, 0.2) is 36.5 Å². The molecule has 3 aromatic rings. The quantitative estimate of drug-likeness (QED) is 0.708. The maximum atomic E-state index is 11.7. The molecule has 1 N–H and O–H groups in total. The Hall–Kier alpha value is -2.96. The maximum absolute atomic E-state index is 11.7. The van der Waals surface area contributed by atoms with Crippen LogP contribution in [-0.4, -0.2) is 37.3 Å². The van der Waals surface area contributed by atoms with Crippen molar-refractivity contribution in [2.24, 2.45) is 7.05 Å². The second kappa shape index (κ2) is 7.95. The van der Waals surface area contributed by atoms with Crippen molar-refractivity contribution in [1.82, 2.24) is 29.6 Å². The Bertz CT molecular complexity index is 881. The van der Waals surface area contributed by atoms with Crippen LogP contribution in [-0.2, 0) is 24.8 Å². The van der Waals surface area contributed by atoms with Crippen LogP contribution in [0, 0.1) is 0 Å². The molecule has 1 aromatic carbocycles. The van der Waals surface area contributed by atoms with Gasteiger partial charge < -0.3 is 9.88 Å². The Kier molecular flexibility index (Phi) is 5.46. The molecule has 136 valence electrons. The maximum Gasteiger partial charge on any atom is 0.227 e. The minimum atomic E-state index is -0.0980. The van der Waals surface area contributed by atoms with Gasteiger partial charge in [-0.1, -0.05) is 43.7 Å². The molecule has 0 aliphatic carbocycles. The summed E-state index contributed by atoms with van der Waals surface area (Å²) in [6, 6.07) is 10.0. The first-order valence-corrected chi connectivity index (χ1v) is 8.85. The molecule has 0 aliphatic rings. The Labute approximate surface area is 153 Å². The summed E-state index contributed by atoms with van der Waals surface area (Å²) >= 11 is 0. The molecule has 0 saturated carbocycles. The number of nitrogens with one attached hydrogen (secondary N) is 1. The van der Waals surface area contributed by atoms with Gasteiger partial charge in [-0.15, -0.1) is 0 Å². The summed E-state index contributed by atoms with van der Waals surface area (Å²) in [5, 5.41) is 7.16. The summed E-state index contributed by atoms with van der Waals surface area (Å²) in [7, 11) is 3.59. The van der Waals surface area contributed by atoms with Gasteiger partial charge in [-0.3, -0.25) is 4.79 Å². The lowest BCUT2D eigenvalue weighted by Gasteiger charge is -2.07. The number of aryl methyl sites for hydroxylation is 1. The number of carbonyl (C=O) groups is 1. The summed E-state index contributed by atoms with van der Waals surface area (Å²) in [6.45, 7) is 2.90. The second-order valence-corrected chi connectivity index (χ2v) is 6.17. The predicted octanol–water partition coefficient (Wildman–Crippen LogP) is 2.43. The van der Waals surface area contributed by atoms with Crippen molar-refractivity contribution in [2.75, 3.05) is 7.05 Å². The van der Waals surface area contributed by atoms with E-state index in [1.165, 1.54) is 0 Å². The van der Waals surface area contributed by atoms with Crippen LogP contribution in [0.2, 0.25) is 0 Å². The molecule has 0 unspecified atom stereocenters. The highest BCUT2D eigenvalue weighted by molar-refractivity contribution is 5.77. The lowest BCUT2D eigenvalue weighted by atomic mass is 10.2. The molecule has 7 nitrogen and oxygen atoms in total. The zero-order chi connectivity index (χ0) is 18.5. The number of amides is 1. The Balaban J connectivity index is 1.99. The van der Waals surface area contributed by atoms with Gasteiger partial charge in [0.2, 0.25) is 5.91 Å². The molecule has 2 heterocycles. The van der Waals surface area contributed by atoms with Crippen molar-refractivity contribution in [1.29, 1.82) is 0 Å². The molecular weight excluding hydrogens is 328 g/mol. The topological polar surface area (TPSA) is 77.6 Å². The van der Waals surface area contributed by atoms with E-state index in [4.69, 9.17) is 0 Å². The van der Waals surface area contributed by atoms with Crippen LogP contribution in [0.25, 0.3) is 22.9 Å². The van der Waals surface area contributed by atoms with Gasteiger partial charge in [0.1, 0.15) is 11.5 Å². The van der Waals surface area contributed by atoms with E-state index < -0.39 is 0 Å². The third-order valence-electron chi connectivity index (χ3n) is 4.29. The summed E-state index contributed by atoms with van der Waals surface area (Å²) in [5.74, 6) is 2.05. The fourth-order valence-electron chi connectivity index (χ4n) is 2.82. The highest BCUT2D eigenvalue weighted by Crippen LogP contribution is 2.24. The fraction of sp³-hybridized carbons (Fsp3) is 0.368. The molecule has 3 rings (SSSR count). The zero-order valence-corrected chi connectivity index (χ0v) is 15.4. The smallest absolute Gasteiger partial charge is 0.227 e. The van der Waals surface area contributed by atoms with E-state index in [1.807, 2.05) is 52.8 Å². The van der Waals surface area contributed by atoms with Crippen LogP contribution in [0.4, 0.5) is 0 Å². The number of unbranched alkanes of at least 4 members (excludes halogenated alkanes) is 1. The van der Waals surface area contributed by atoms with E-state index in [-0.39, 0.29) is 12.3 Å². The lowest BCUT2D eigenvalue weighted by molar-refractivity contribution is -0.120. The summed E-state index contributed by atoms with van der Waals surface area (Å²) < 4.78 is 3.90. The van der Waals surface area contributed by atoms with Crippen molar-refractivity contribution < 1.29 is 4.79 Å². The monoisotopic (exact) mass is 352 g/mol. The first kappa shape index (κ1) is 17.8. The average molecular weight is 352 g/mol. The van der Waals surface area contributed by atoms with E-state index >= 15 is 0 Å². The third kappa shape index (κ3) is 3.66. The van der Waals surface area contributed by atoms with Crippen LogP contribution in [0.3, 0.4) is 0 Å². The number of likely N-dealkylation sites (N-methyl/N-ethyl adjacent to an activating group) is 1. The summed E-state index contributed by atoms with van der Waals surface area (Å²) in [6.07, 6.45) is 4.05. The molecule has 7 heteroatoms. The second-order valence-electron chi connectivity index (χ2n) is 6.17. The van der Waals surface area contributed by atoms with Crippen LogP contribution in [0.1, 0.15) is 25.6 Å². The number of benzene rings is 1. The van der Waals surface area contributed by atoms with Gasteiger partial charge >= 0.3 is 0 Å². The Morgan fingerprint density at radius 1 is 1.19 bits per heavy atom. The van der Waals surface area contributed by atoms with E-state index in [1.54, 1.807) is 7.05 Å². The number of hydrogen-bond acceptors (Lipinski definition) is 4. The Morgan fingerprint density at radius 3 is 2.65 bits per heavy atom. The number of nitrogens with zero attached hydrogens (tertiary/aromatic N) is 5. The third-order valence-corrected chi connectivity index (χ3v) is 4.29. The fourth-order valence-corrected chi connectivity index (χ4v) is 2.82. The standard InChI is InChI=1S/C19H24N6O/c1-4-5-11-25-19(22-16(23-25)12-17(26)20-2)15-13-21-18(24(15)3)14-9-7-6-8-10-14/h6-10,13H,4-5,11-12H2,1-3H3,(H,20,26). The van der Waals surface area contributed by atoms with Crippen molar-refractivity contribution >= 4 is 5.91 Å². The lowest BCUT2D eigenvalue weighted by Crippen LogP contribution is -2.20. The minimum absolute atomic E-state index is 0.0980. The molecule has 0 aliphatic heterocycles. The molecule has 0 saturated heterocycles. The minimum Gasteiger partial charge on any atom is -0.359 e. The van der Waals surface area contributed by atoms with Crippen molar-refractivity contribution in [3.8, 4) is 22.9 Å². The highest BCUT2D eigenvalue weighted by Gasteiger charge is 2.18. The predicted molar refractivity (Wildman–Crippen MR) is 100 cm³/mol. The normalized spacial score (nSPS) is 10.9. The van der Waals surface area contributed by atoms with Gasteiger partial charge in [-0.25, -0.2) is 14.6 Å². The van der Waals surface area contributed by atoms with E-state index in [0.717, 1.165) is 42.3 Å². The molecular formula is C19H24N6O. The number of carbonyl (C=O) groups excluding carboxylic acids is 1. The van der Waals surface area contributed by atoms with Crippen molar-refractivity contribution in [2.45, 2.75) is 32.7 Å². The first-order valence-electron chi connectivity index (χ1n) is 8.85. The van der Waals surface area contributed by atoms with Gasteiger partial charge in [0.05, 0.1) is 12.6 Å². The zero-order valence-electron chi connectivity index (χ0n) is 15.4. The molecule has 0 spiro atoms. The molecule has 2 aromatic heterocycles. The Morgan fingerprint density at radius 2 is 1.96 bits per heavy atom. The molecule has 0 bridgehead atoms. The van der Waals surface area contributed by atoms with E-state index in [0.29, 0.717) is 5.82 Å². The average Bonchev–Trinajstić information content (AvgIpc) is 3.23. The molecule has 0 radical (unpaired) electrons. The summed E-state index contributed by atoms with van der Waals surface area (Å²) in [5.41, 5.74) is 1.93. The van der Waals surface area contributed by atoms with Gasteiger partial charge in [-0.2, -0.15) is 5.10 Å². The van der Waals surface area contributed by atoms with Gasteiger partial charge in [-0.05, 0) is 6.42 Å². The first-order chi connectivity index (χ1) is 12.6. The van der Waals surface area contributed by atoms with Gasteiger partial charge in [0.15, 0.2) is 11.6 Å². The number of hydrogen-bond donors (Lipinski definition) is 1. The van der Waals surface area contributed by atoms with E-state index in [2.05, 4.69) is 27.3 Å². The van der Waals surface area contributed by atoms with Crippen LogP contribution < -0.4 is 5.32 Å².